The minimum atomic E-state index is -0.927. The van der Waals surface area contributed by atoms with Gasteiger partial charge in [0, 0.05) is 24.5 Å². The maximum Gasteiger partial charge on any atom is 0.243 e. The van der Waals surface area contributed by atoms with Crippen LogP contribution in [0.25, 0.3) is 0 Å². The van der Waals surface area contributed by atoms with E-state index in [2.05, 4.69) is 16.0 Å². The molecule has 0 unspecified atom stereocenters. The highest BCUT2D eigenvalue weighted by molar-refractivity contribution is 6.30. The van der Waals surface area contributed by atoms with E-state index in [1.807, 2.05) is 12.1 Å². The summed E-state index contributed by atoms with van der Waals surface area (Å²) in [5.41, 5.74) is 6.19. The summed E-state index contributed by atoms with van der Waals surface area (Å²) < 4.78 is 0. The molecule has 150 valence electrons. The molecule has 1 aromatic rings. The molecule has 2 rings (SSSR count). The summed E-state index contributed by atoms with van der Waals surface area (Å²) in [5, 5.41) is 19.4. The predicted octanol–water partition coefficient (Wildman–Crippen LogP) is -0.600. The number of carbonyl (C=O) groups is 2. The number of nitrogens with zero attached hydrogens (tertiary/aromatic N) is 1. The topological polar surface area (TPSA) is 120 Å². The van der Waals surface area contributed by atoms with Crippen molar-refractivity contribution in [1.29, 1.82) is 0 Å². The number of likely N-dealkylation sites (tertiary alicyclic amines) is 1. The van der Waals surface area contributed by atoms with E-state index in [4.69, 9.17) is 17.3 Å². The molecule has 9 heteroatoms. The zero-order valence-corrected chi connectivity index (χ0v) is 16.6. The maximum atomic E-state index is 12.9. The number of benzene rings is 1. The van der Waals surface area contributed by atoms with Gasteiger partial charge in [0.25, 0.3) is 0 Å². The zero-order valence-electron chi connectivity index (χ0n) is 15.8. The summed E-state index contributed by atoms with van der Waals surface area (Å²) in [7, 11) is 3.39. The smallest absolute Gasteiger partial charge is 0.243 e. The third kappa shape index (κ3) is 4.97. The number of aliphatic hydroxyl groups excluding tert-OH is 1. The minimum absolute atomic E-state index is 0.0784. The first kappa shape index (κ1) is 21.6. The van der Waals surface area contributed by atoms with E-state index < -0.39 is 29.8 Å². The van der Waals surface area contributed by atoms with Crippen molar-refractivity contribution in [2.75, 3.05) is 20.6 Å². The summed E-state index contributed by atoms with van der Waals surface area (Å²) in [4.78, 5) is 26.9. The number of likely N-dealkylation sites (N-methyl/N-ethyl adjacent to an activating group) is 2. The van der Waals surface area contributed by atoms with Gasteiger partial charge in [-0.15, -0.1) is 0 Å². The number of aliphatic hydroxyl groups is 1. The van der Waals surface area contributed by atoms with Crippen molar-refractivity contribution in [3.8, 4) is 0 Å². The van der Waals surface area contributed by atoms with Gasteiger partial charge in [-0.25, -0.2) is 0 Å². The summed E-state index contributed by atoms with van der Waals surface area (Å²) in [6.45, 7) is 2.15. The molecule has 0 aliphatic carbocycles. The lowest BCUT2D eigenvalue weighted by Crippen LogP contribution is -2.68. The average molecular weight is 398 g/mol. The zero-order chi connectivity index (χ0) is 20.2. The Morgan fingerprint density at radius 1 is 1.33 bits per heavy atom. The Balaban J connectivity index is 2.06. The number of amides is 2. The number of β-amino-alcohol motifs (C(OH)–C–C–N with tert-alkyl or cyclic N) is 1. The van der Waals surface area contributed by atoms with Gasteiger partial charge in [-0.3, -0.25) is 9.59 Å². The molecule has 0 spiro atoms. The van der Waals surface area contributed by atoms with E-state index >= 15 is 0 Å². The maximum absolute atomic E-state index is 12.9. The Bertz CT molecular complexity index is 665. The summed E-state index contributed by atoms with van der Waals surface area (Å²) in [6, 6.07) is 5.43. The van der Waals surface area contributed by atoms with Gasteiger partial charge in [0.15, 0.2) is 0 Å². The number of carbonyl (C=O) groups excluding carboxylic acids is 2. The molecule has 0 radical (unpaired) electrons. The fraction of sp³-hybridized carbons (Fsp3) is 0.556. The number of nitrogens with two attached hydrogens (primary N) is 1. The monoisotopic (exact) mass is 397 g/mol. The fourth-order valence-corrected chi connectivity index (χ4v) is 3.20. The van der Waals surface area contributed by atoms with Crippen LogP contribution in [0.15, 0.2) is 24.3 Å². The van der Waals surface area contributed by atoms with Gasteiger partial charge in [-0.1, -0.05) is 23.7 Å². The molecule has 0 bridgehead atoms. The number of nitrogens with one attached hydrogen (secondary N) is 3. The van der Waals surface area contributed by atoms with E-state index in [0.29, 0.717) is 11.6 Å². The van der Waals surface area contributed by atoms with Crippen LogP contribution in [0.1, 0.15) is 18.9 Å². The Kier molecular flexibility index (Phi) is 7.19. The van der Waals surface area contributed by atoms with Crippen LogP contribution in [0.4, 0.5) is 0 Å². The molecule has 8 nitrogen and oxygen atoms in total. The summed E-state index contributed by atoms with van der Waals surface area (Å²) in [6.07, 6.45) is -0.580. The van der Waals surface area contributed by atoms with Gasteiger partial charge in [0.2, 0.25) is 11.8 Å². The molecule has 2 amide bonds. The van der Waals surface area contributed by atoms with Crippen LogP contribution in [-0.4, -0.2) is 66.3 Å². The average Bonchev–Trinajstić information content (AvgIpc) is 3.07. The van der Waals surface area contributed by atoms with E-state index in [9.17, 15) is 14.7 Å². The molecule has 1 fully saturated rings. The molecule has 1 aromatic carbocycles. The van der Waals surface area contributed by atoms with Crippen LogP contribution in [0.5, 0.6) is 0 Å². The fourth-order valence-electron chi connectivity index (χ4n) is 3.08. The van der Waals surface area contributed by atoms with Gasteiger partial charge < -0.3 is 31.7 Å². The molecule has 3 atom stereocenters. The molecule has 0 aromatic heterocycles. The second kappa shape index (κ2) is 8.99. The van der Waals surface area contributed by atoms with Crippen LogP contribution < -0.4 is 21.7 Å². The van der Waals surface area contributed by atoms with Gasteiger partial charge in [-0.05, 0) is 38.7 Å². The van der Waals surface area contributed by atoms with Crippen LogP contribution in [0.3, 0.4) is 0 Å². The normalized spacial score (nSPS) is 21.2. The van der Waals surface area contributed by atoms with E-state index in [1.54, 1.807) is 33.2 Å². The van der Waals surface area contributed by atoms with Crippen molar-refractivity contribution in [3.63, 3.8) is 0 Å². The molecule has 1 saturated heterocycles. The SMILES string of the molecule is CNC(C)(NC)[C@H](N)C(=O)N1C[C@H](O)C[C@H]1C(=O)NCc1ccc(Cl)cc1. The third-order valence-corrected chi connectivity index (χ3v) is 5.42. The molecule has 1 aliphatic heterocycles. The summed E-state index contributed by atoms with van der Waals surface area (Å²) in [5.74, 6) is -0.720. The van der Waals surface area contributed by atoms with Crippen molar-refractivity contribution in [2.24, 2.45) is 5.73 Å². The highest BCUT2D eigenvalue weighted by Crippen LogP contribution is 2.21. The molecule has 27 heavy (non-hydrogen) atoms. The second-order valence-electron chi connectivity index (χ2n) is 6.92. The molecule has 1 aliphatic rings. The number of hydrogen-bond acceptors (Lipinski definition) is 6. The van der Waals surface area contributed by atoms with Gasteiger partial charge >= 0.3 is 0 Å². The van der Waals surface area contributed by atoms with Gasteiger partial charge in [-0.2, -0.15) is 0 Å². The van der Waals surface area contributed by atoms with E-state index in [-0.39, 0.29) is 18.9 Å². The first-order valence-electron chi connectivity index (χ1n) is 8.86. The molecular weight excluding hydrogens is 370 g/mol. The Hall–Kier alpha value is -1.71. The van der Waals surface area contributed by atoms with Crippen LogP contribution in [-0.2, 0) is 16.1 Å². The Labute approximate surface area is 164 Å². The molecule has 1 heterocycles. The van der Waals surface area contributed by atoms with Gasteiger partial charge in [0.1, 0.15) is 12.1 Å². The highest BCUT2D eigenvalue weighted by atomic mass is 35.5. The first-order valence-corrected chi connectivity index (χ1v) is 9.23. The number of hydrogen-bond donors (Lipinski definition) is 5. The Morgan fingerprint density at radius 2 is 1.93 bits per heavy atom. The number of rotatable bonds is 7. The van der Waals surface area contributed by atoms with E-state index in [0.717, 1.165) is 5.56 Å². The van der Waals surface area contributed by atoms with Crippen LogP contribution in [0.2, 0.25) is 5.02 Å². The quantitative estimate of drug-likeness (QED) is 0.392. The lowest BCUT2D eigenvalue weighted by atomic mass is 10.0. The van der Waals surface area contributed by atoms with Crippen molar-refractivity contribution in [1.82, 2.24) is 20.9 Å². The third-order valence-electron chi connectivity index (χ3n) is 5.17. The molecule has 6 N–H and O–H groups in total. The van der Waals surface area contributed by atoms with Crippen molar-refractivity contribution >= 4 is 23.4 Å². The predicted molar refractivity (Wildman–Crippen MR) is 104 cm³/mol. The highest BCUT2D eigenvalue weighted by Gasteiger charge is 2.44. The second-order valence-corrected chi connectivity index (χ2v) is 7.36. The Morgan fingerprint density at radius 3 is 2.48 bits per heavy atom. The standard InChI is InChI=1S/C18H28ClN5O3/c1-18(21-2,22-3)15(20)17(27)24-10-13(25)8-14(24)16(26)23-9-11-4-6-12(19)7-5-11/h4-7,13-15,21-22,25H,8-10,20H2,1-3H3,(H,23,26)/t13-,14+,15-/m1/s1. The summed E-state index contributed by atoms with van der Waals surface area (Å²) >= 11 is 5.86. The van der Waals surface area contributed by atoms with E-state index in [1.165, 1.54) is 4.90 Å². The van der Waals surface area contributed by atoms with Crippen molar-refractivity contribution in [3.05, 3.63) is 34.9 Å². The minimum Gasteiger partial charge on any atom is -0.391 e. The van der Waals surface area contributed by atoms with Crippen molar-refractivity contribution < 1.29 is 14.7 Å². The number of halogens is 1. The largest absolute Gasteiger partial charge is 0.391 e. The van der Waals surface area contributed by atoms with Crippen LogP contribution >= 0.6 is 11.6 Å². The first-order chi connectivity index (χ1) is 12.7. The van der Waals surface area contributed by atoms with Crippen molar-refractivity contribution in [2.45, 2.75) is 43.7 Å². The van der Waals surface area contributed by atoms with Crippen LogP contribution in [0, 0.1) is 0 Å². The lowest BCUT2D eigenvalue weighted by Gasteiger charge is -2.37. The van der Waals surface area contributed by atoms with Gasteiger partial charge in [0.05, 0.1) is 11.8 Å². The lowest BCUT2D eigenvalue weighted by molar-refractivity contribution is -0.141. The molecule has 0 saturated carbocycles. The molecular formula is C18H28ClN5O3.